The van der Waals surface area contributed by atoms with E-state index in [9.17, 15) is 0 Å². The lowest BCUT2D eigenvalue weighted by atomic mass is 10.3. The maximum Gasteiger partial charge on any atom is 0.194 e. The number of aromatic nitrogens is 1. The summed E-state index contributed by atoms with van der Waals surface area (Å²) in [6, 6.07) is 8.52. The van der Waals surface area contributed by atoms with Gasteiger partial charge in [-0.25, -0.2) is 0 Å². The summed E-state index contributed by atoms with van der Waals surface area (Å²) in [4.78, 5) is 9.23. The Morgan fingerprint density at radius 3 is 2.57 bits per heavy atom. The Kier molecular flexibility index (Phi) is 6.76. The first-order chi connectivity index (χ1) is 10.8. The molecule has 0 radical (unpaired) electrons. The molecule has 1 fully saturated rings. The number of guanidine groups is 1. The van der Waals surface area contributed by atoms with E-state index in [-0.39, 0.29) is 24.0 Å². The monoisotopic (exact) mass is 445 g/mol. The second-order valence-electron chi connectivity index (χ2n) is 5.44. The van der Waals surface area contributed by atoms with Crippen molar-refractivity contribution in [1.29, 1.82) is 0 Å². The van der Waals surface area contributed by atoms with Gasteiger partial charge in [0, 0.05) is 52.2 Å². The normalized spacial score (nSPS) is 15.5. The van der Waals surface area contributed by atoms with Crippen LogP contribution in [0.5, 0.6) is 0 Å². The number of anilines is 1. The topological polar surface area (TPSA) is 35.8 Å². The average molecular weight is 445 g/mol. The maximum atomic E-state index is 4.43. The predicted octanol–water partition coefficient (Wildman–Crippen LogP) is 2.60. The van der Waals surface area contributed by atoms with Crippen molar-refractivity contribution in [1.82, 2.24) is 14.8 Å². The molecule has 2 aromatic rings. The molecule has 0 spiro atoms. The first-order valence-corrected chi connectivity index (χ1v) is 8.50. The van der Waals surface area contributed by atoms with Gasteiger partial charge in [0.05, 0.1) is 11.5 Å². The van der Waals surface area contributed by atoms with Gasteiger partial charge in [-0.3, -0.25) is 4.99 Å². The lowest BCUT2D eigenvalue weighted by molar-refractivity contribution is 0.373. The Balaban J connectivity index is 0.00000192. The molecular formula is C16H24IN5S. The summed E-state index contributed by atoms with van der Waals surface area (Å²) in [5.74, 6) is 0.993. The third kappa shape index (κ3) is 4.41. The standard InChI is InChI=1S/C16H23N5S.HI/c1-17-16(18-13-14-5-3-7-19(14)2)21-10-8-20(9-11-21)15-6-4-12-22-15;/h3-7,12H,8-11,13H2,1-2H3,(H,17,18);1H. The minimum absolute atomic E-state index is 0. The number of nitrogens with one attached hydrogen (secondary N) is 1. The van der Waals surface area contributed by atoms with Gasteiger partial charge in [0.25, 0.3) is 0 Å². The number of hydrogen-bond acceptors (Lipinski definition) is 3. The molecule has 1 saturated heterocycles. The molecule has 1 aliphatic heterocycles. The minimum Gasteiger partial charge on any atom is -0.360 e. The van der Waals surface area contributed by atoms with E-state index in [2.05, 4.69) is 67.6 Å². The highest BCUT2D eigenvalue weighted by Crippen LogP contribution is 2.22. The molecular weight excluding hydrogens is 421 g/mol. The number of piperazine rings is 1. The van der Waals surface area contributed by atoms with E-state index in [0.717, 1.165) is 38.7 Å². The Bertz CT molecular complexity index is 614. The molecule has 126 valence electrons. The minimum atomic E-state index is 0. The van der Waals surface area contributed by atoms with Gasteiger partial charge < -0.3 is 19.7 Å². The summed E-state index contributed by atoms with van der Waals surface area (Å²) in [7, 11) is 3.93. The molecule has 3 rings (SSSR count). The van der Waals surface area contributed by atoms with Gasteiger partial charge >= 0.3 is 0 Å². The van der Waals surface area contributed by atoms with E-state index in [0.29, 0.717) is 0 Å². The van der Waals surface area contributed by atoms with Crippen LogP contribution in [0, 0.1) is 0 Å². The van der Waals surface area contributed by atoms with Gasteiger partial charge in [-0.05, 0) is 29.6 Å². The Morgan fingerprint density at radius 1 is 1.22 bits per heavy atom. The van der Waals surface area contributed by atoms with Crippen molar-refractivity contribution in [2.24, 2.45) is 12.0 Å². The second-order valence-corrected chi connectivity index (χ2v) is 6.36. The number of rotatable bonds is 3. The summed E-state index contributed by atoms with van der Waals surface area (Å²) >= 11 is 1.81. The molecule has 0 bridgehead atoms. The molecule has 5 nitrogen and oxygen atoms in total. The Hall–Kier alpha value is -1.22. The van der Waals surface area contributed by atoms with Crippen molar-refractivity contribution in [2.75, 3.05) is 38.1 Å². The van der Waals surface area contributed by atoms with Gasteiger partial charge in [0.1, 0.15) is 0 Å². The van der Waals surface area contributed by atoms with E-state index in [1.807, 2.05) is 18.4 Å². The zero-order valence-electron chi connectivity index (χ0n) is 13.6. The third-order valence-electron chi connectivity index (χ3n) is 4.09. The van der Waals surface area contributed by atoms with Gasteiger partial charge in [0.2, 0.25) is 0 Å². The lowest BCUT2D eigenvalue weighted by Crippen LogP contribution is -2.52. The molecule has 7 heteroatoms. The van der Waals surface area contributed by atoms with Crippen LogP contribution < -0.4 is 10.2 Å². The van der Waals surface area contributed by atoms with E-state index >= 15 is 0 Å². The van der Waals surface area contributed by atoms with Crippen molar-refractivity contribution < 1.29 is 0 Å². The number of aliphatic imine (C=N–C) groups is 1. The number of aryl methyl sites for hydroxylation is 1. The van der Waals surface area contributed by atoms with Crippen LogP contribution in [0.1, 0.15) is 5.69 Å². The van der Waals surface area contributed by atoms with Gasteiger partial charge in [0.15, 0.2) is 5.96 Å². The van der Waals surface area contributed by atoms with Gasteiger partial charge in [-0.2, -0.15) is 0 Å². The number of thiophene rings is 1. The van der Waals surface area contributed by atoms with Crippen molar-refractivity contribution in [2.45, 2.75) is 6.54 Å². The van der Waals surface area contributed by atoms with E-state index in [1.165, 1.54) is 10.7 Å². The van der Waals surface area contributed by atoms with E-state index in [1.54, 1.807) is 0 Å². The van der Waals surface area contributed by atoms with Crippen LogP contribution in [0.4, 0.5) is 5.00 Å². The molecule has 2 aromatic heterocycles. The first kappa shape index (κ1) is 18.1. The smallest absolute Gasteiger partial charge is 0.194 e. The van der Waals surface area contributed by atoms with Crippen LogP contribution in [-0.2, 0) is 13.6 Å². The predicted molar refractivity (Wildman–Crippen MR) is 109 cm³/mol. The Labute approximate surface area is 159 Å². The van der Waals surface area contributed by atoms with Crippen LogP contribution in [0.15, 0.2) is 40.8 Å². The zero-order chi connectivity index (χ0) is 15.4. The van der Waals surface area contributed by atoms with Crippen molar-refractivity contribution in [3.05, 3.63) is 41.5 Å². The number of halogens is 1. The molecule has 0 atom stereocenters. The highest BCUT2D eigenvalue weighted by atomic mass is 127. The second kappa shape index (κ2) is 8.58. The van der Waals surface area contributed by atoms with E-state index < -0.39 is 0 Å². The Morgan fingerprint density at radius 2 is 2.00 bits per heavy atom. The third-order valence-corrected chi connectivity index (χ3v) is 5.02. The van der Waals surface area contributed by atoms with Crippen molar-refractivity contribution >= 4 is 46.3 Å². The van der Waals surface area contributed by atoms with Crippen molar-refractivity contribution in [3.8, 4) is 0 Å². The quantitative estimate of drug-likeness (QED) is 0.448. The number of nitrogens with zero attached hydrogens (tertiary/aromatic N) is 4. The molecule has 3 heterocycles. The summed E-state index contributed by atoms with van der Waals surface area (Å²) in [5, 5.41) is 6.98. The summed E-state index contributed by atoms with van der Waals surface area (Å²) in [5.41, 5.74) is 1.26. The van der Waals surface area contributed by atoms with Crippen LogP contribution in [0.3, 0.4) is 0 Å². The highest BCUT2D eigenvalue weighted by molar-refractivity contribution is 14.0. The fourth-order valence-corrected chi connectivity index (χ4v) is 3.56. The fourth-order valence-electron chi connectivity index (χ4n) is 2.77. The summed E-state index contributed by atoms with van der Waals surface area (Å²) in [6.45, 7) is 4.91. The molecule has 23 heavy (non-hydrogen) atoms. The lowest BCUT2D eigenvalue weighted by Gasteiger charge is -2.37. The molecule has 0 aliphatic carbocycles. The zero-order valence-corrected chi connectivity index (χ0v) is 16.8. The summed E-state index contributed by atoms with van der Waals surface area (Å²) < 4.78 is 2.13. The molecule has 0 saturated carbocycles. The SMILES string of the molecule is CN=C(NCc1cccn1C)N1CCN(c2cccs2)CC1.I. The van der Waals surface area contributed by atoms with Crippen molar-refractivity contribution in [3.63, 3.8) is 0 Å². The van der Waals surface area contributed by atoms with Crippen LogP contribution in [-0.4, -0.2) is 48.7 Å². The molecule has 1 N–H and O–H groups in total. The van der Waals surface area contributed by atoms with Gasteiger partial charge in [-0.1, -0.05) is 0 Å². The summed E-state index contributed by atoms with van der Waals surface area (Å²) in [6.07, 6.45) is 2.07. The number of hydrogen-bond donors (Lipinski definition) is 1. The maximum absolute atomic E-state index is 4.43. The molecule has 0 aromatic carbocycles. The fraction of sp³-hybridized carbons (Fsp3) is 0.438. The molecule has 1 aliphatic rings. The van der Waals surface area contributed by atoms with Gasteiger partial charge in [-0.15, -0.1) is 35.3 Å². The molecule has 0 amide bonds. The molecule has 0 unspecified atom stereocenters. The largest absolute Gasteiger partial charge is 0.360 e. The average Bonchev–Trinajstić information content (AvgIpc) is 3.21. The van der Waals surface area contributed by atoms with Crippen LogP contribution in [0.25, 0.3) is 0 Å². The van der Waals surface area contributed by atoms with Crippen LogP contribution in [0.2, 0.25) is 0 Å². The van der Waals surface area contributed by atoms with Crippen LogP contribution >= 0.6 is 35.3 Å². The van der Waals surface area contributed by atoms with E-state index in [4.69, 9.17) is 0 Å². The first-order valence-electron chi connectivity index (χ1n) is 7.62. The highest BCUT2D eigenvalue weighted by Gasteiger charge is 2.20.